The molecule has 0 saturated carbocycles. The molecule has 0 aliphatic carbocycles. The minimum atomic E-state index is 0.789. The number of benzene rings is 2. The molecule has 0 spiro atoms. The lowest BCUT2D eigenvalue weighted by molar-refractivity contribution is 1.03. The third-order valence-electron chi connectivity index (χ3n) is 3.99. The summed E-state index contributed by atoms with van der Waals surface area (Å²) >= 11 is 1.65. The largest absolute Gasteiger partial charge is 0.260 e. The summed E-state index contributed by atoms with van der Waals surface area (Å²) in [5, 5.41) is 6.73. The van der Waals surface area contributed by atoms with Gasteiger partial charge in [-0.15, -0.1) is 11.3 Å². The standard InChI is InChI=1S/C20H17N3S/c1-13-5-8-15(9-6-13)19-16-12-14(2)7-10-17(16)21-20(23-22-19)18-4-3-11-24-18/h3-12H,1-2H3,(H,21,23). The molecule has 1 aliphatic heterocycles. The van der Waals surface area contributed by atoms with Crippen LogP contribution in [0.2, 0.25) is 0 Å². The third-order valence-corrected chi connectivity index (χ3v) is 4.87. The van der Waals surface area contributed by atoms with Crippen molar-refractivity contribution in [3.05, 3.63) is 87.1 Å². The first-order valence-electron chi connectivity index (χ1n) is 7.85. The molecule has 0 saturated heterocycles. The van der Waals surface area contributed by atoms with Gasteiger partial charge in [0.1, 0.15) is 0 Å². The van der Waals surface area contributed by atoms with Gasteiger partial charge in [0, 0.05) is 11.1 Å². The monoisotopic (exact) mass is 331 g/mol. The number of hydrogen-bond acceptors (Lipinski definition) is 4. The van der Waals surface area contributed by atoms with Crippen LogP contribution in [0, 0.1) is 13.8 Å². The number of aliphatic imine (C=N–C) groups is 1. The van der Waals surface area contributed by atoms with Gasteiger partial charge in [-0.3, -0.25) is 5.43 Å². The van der Waals surface area contributed by atoms with Crippen molar-refractivity contribution in [2.45, 2.75) is 13.8 Å². The highest BCUT2D eigenvalue weighted by atomic mass is 32.1. The summed E-state index contributed by atoms with van der Waals surface area (Å²) < 4.78 is 0. The van der Waals surface area contributed by atoms with Crippen LogP contribution in [0.15, 0.2) is 70.1 Å². The second-order valence-electron chi connectivity index (χ2n) is 5.90. The predicted octanol–water partition coefficient (Wildman–Crippen LogP) is 4.80. The number of nitrogens with one attached hydrogen (secondary N) is 1. The molecule has 0 atom stereocenters. The third kappa shape index (κ3) is 2.76. The fourth-order valence-electron chi connectivity index (χ4n) is 2.71. The van der Waals surface area contributed by atoms with Gasteiger partial charge in [-0.2, -0.15) is 5.10 Å². The molecular formula is C20H17N3S. The average Bonchev–Trinajstić information content (AvgIpc) is 3.05. The first kappa shape index (κ1) is 14.8. The zero-order valence-corrected chi connectivity index (χ0v) is 14.4. The number of hydrogen-bond donors (Lipinski definition) is 1. The van der Waals surface area contributed by atoms with Crippen molar-refractivity contribution in [1.82, 2.24) is 5.43 Å². The van der Waals surface area contributed by atoms with Crippen LogP contribution >= 0.6 is 11.3 Å². The van der Waals surface area contributed by atoms with E-state index < -0.39 is 0 Å². The van der Waals surface area contributed by atoms with Gasteiger partial charge in [-0.25, -0.2) is 4.99 Å². The van der Waals surface area contributed by atoms with Crippen LogP contribution in [-0.2, 0) is 0 Å². The van der Waals surface area contributed by atoms with Crippen LogP contribution in [0.25, 0.3) is 0 Å². The fraction of sp³-hybridized carbons (Fsp3) is 0.100. The van der Waals surface area contributed by atoms with Crippen LogP contribution in [0.3, 0.4) is 0 Å². The van der Waals surface area contributed by atoms with Crippen LogP contribution < -0.4 is 5.43 Å². The Bertz CT molecular complexity index is 936. The number of rotatable bonds is 2. The van der Waals surface area contributed by atoms with E-state index >= 15 is 0 Å². The SMILES string of the molecule is Cc1ccc(C2=NNC(c3cccs3)=Nc3ccc(C)cc32)cc1. The van der Waals surface area contributed by atoms with E-state index in [4.69, 9.17) is 4.99 Å². The lowest BCUT2D eigenvalue weighted by Gasteiger charge is -2.09. The minimum absolute atomic E-state index is 0.789. The lowest BCUT2D eigenvalue weighted by Crippen LogP contribution is -2.18. The predicted molar refractivity (Wildman–Crippen MR) is 102 cm³/mol. The maximum atomic E-state index is 4.82. The van der Waals surface area contributed by atoms with Gasteiger partial charge in [-0.1, -0.05) is 47.5 Å². The second-order valence-corrected chi connectivity index (χ2v) is 6.84. The normalized spacial score (nSPS) is 13.4. The summed E-state index contributed by atoms with van der Waals surface area (Å²) in [6, 6.07) is 18.8. The Morgan fingerprint density at radius 2 is 1.71 bits per heavy atom. The molecule has 24 heavy (non-hydrogen) atoms. The van der Waals surface area contributed by atoms with E-state index in [1.807, 2.05) is 11.4 Å². The van der Waals surface area contributed by atoms with E-state index in [0.29, 0.717) is 0 Å². The number of aryl methyl sites for hydroxylation is 2. The molecule has 118 valence electrons. The Kier molecular flexibility index (Phi) is 3.75. The number of amidine groups is 1. The van der Waals surface area contributed by atoms with E-state index in [-0.39, 0.29) is 0 Å². The Morgan fingerprint density at radius 3 is 2.46 bits per heavy atom. The van der Waals surface area contributed by atoms with Gasteiger partial charge >= 0.3 is 0 Å². The summed E-state index contributed by atoms with van der Waals surface area (Å²) in [7, 11) is 0. The van der Waals surface area contributed by atoms with E-state index in [2.05, 4.69) is 72.9 Å². The van der Waals surface area contributed by atoms with Crippen LogP contribution in [-0.4, -0.2) is 11.5 Å². The van der Waals surface area contributed by atoms with Gasteiger partial charge in [0.2, 0.25) is 0 Å². The fourth-order valence-corrected chi connectivity index (χ4v) is 3.37. The second kappa shape index (κ2) is 6.06. The molecule has 1 N–H and O–H groups in total. The van der Waals surface area contributed by atoms with Crippen LogP contribution in [0.4, 0.5) is 5.69 Å². The highest BCUT2D eigenvalue weighted by molar-refractivity contribution is 7.12. The highest BCUT2D eigenvalue weighted by Crippen LogP contribution is 2.27. The molecule has 3 aromatic rings. The summed E-state index contributed by atoms with van der Waals surface area (Å²) in [4.78, 5) is 5.90. The molecule has 1 aliphatic rings. The van der Waals surface area contributed by atoms with E-state index in [0.717, 1.165) is 33.2 Å². The van der Waals surface area contributed by atoms with Gasteiger partial charge < -0.3 is 0 Å². The van der Waals surface area contributed by atoms with Gasteiger partial charge in [0.05, 0.1) is 16.3 Å². The first-order chi connectivity index (χ1) is 11.7. The molecule has 0 amide bonds. The van der Waals surface area contributed by atoms with Crippen LogP contribution in [0.5, 0.6) is 0 Å². The Labute approximate surface area is 145 Å². The van der Waals surface area contributed by atoms with Gasteiger partial charge in [-0.05, 0) is 37.4 Å². The molecule has 0 fully saturated rings. The molecule has 4 rings (SSSR count). The number of thiophene rings is 1. The zero-order chi connectivity index (χ0) is 16.5. The van der Waals surface area contributed by atoms with Crippen molar-refractivity contribution < 1.29 is 0 Å². The topological polar surface area (TPSA) is 36.8 Å². The van der Waals surface area contributed by atoms with E-state index in [1.165, 1.54) is 11.1 Å². The summed E-state index contributed by atoms with van der Waals surface area (Å²) in [6.45, 7) is 4.18. The first-order valence-corrected chi connectivity index (χ1v) is 8.73. The van der Waals surface area contributed by atoms with Crippen molar-refractivity contribution in [1.29, 1.82) is 0 Å². The van der Waals surface area contributed by atoms with E-state index in [9.17, 15) is 0 Å². The Morgan fingerprint density at radius 1 is 0.917 bits per heavy atom. The van der Waals surface area contributed by atoms with Crippen molar-refractivity contribution >= 4 is 28.6 Å². The molecule has 1 aromatic heterocycles. The minimum Gasteiger partial charge on any atom is -0.260 e. The average molecular weight is 331 g/mol. The molecule has 3 nitrogen and oxygen atoms in total. The summed E-state index contributed by atoms with van der Waals surface area (Å²) in [5.41, 5.74) is 9.59. The number of hydrazone groups is 1. The van der Waals surface area contributed by atoms with Crippen molar-refractivity contribution in [3.63, 3.8) is 0 Å². The molecule has 2 heterocycles. The summed E-state index contributed by atoms with van der Waals surface area (Å²) in [5.74, 6) is 0.789. The van der Waals surface area contributed by atoms with E-state index in [1.54, 1.807) is 11.3 Å². The maximum absolute atomic E-state index is 4.82. The molecule has 4 heteroatoms. The molecule has 0 bridgehead atoms. The Hall–Kier alpha value is -2.72. The Balaban J connectivity index is 1.88. The van der Waals surface area contributed by atoms with Gasteiger partial charge in [0.25, 0.3) is 0 Å². The number of fused-ring (bicyclic) bond motifs is 1. The quantitative estimate of drug-likeness (QED) is 0.719. The van der Waals surface area contributed by atoms with Crippen LogP contribution in [0.1, 0.15) is 27.1 Å². The molecule has 0 radical (unpaired) electrons. The lowest BCUT2D eigenvalue weighted by atomic mass is 9.98. The highest BCUT2D eigenvalue weighted by Gasteiger charge is 2.17. The smallest absolute Gasteiger partial charge is 0.164 e. The molecular weight excluding hydrogens is 314 g/mol. The zero-order valence-electron chi connectivity index (χ0n) is 13.6. The molecule has 2 aromatic carbocycles. The molecule has 0 unspecified atom stereocenters. The maximum Gasteiger partial charge on any atom is 0.164 e. The van der Waals surface area contributed by atoms with Gasteiger partial charge in [0.15, 0.2) is 5.84 Å². The summed E-state index contributed by atoms with van der Waals surface area (Å²) in [6.07, 6.45) is 0. The van der Waals surface area contributed by atoms with Crippen molar-refractivity contribution in [2.24, 2.45) is 10.1 Å². The van der Waals surface area contributed by atoms with Crippen molar-refractivity contribution in [3.8, 4) is 0 Å². The van der Waals surface area contributed by atoms with Crippen molar-refractivity contribution in [2.75, 3.05) is 0 Å². The number of nitrogens with zero attached hydrogens (tertiary/aromatic N) is 2.